The van der Waals surface area contributed by atoms with Crippen molar-refractivity contribution in [3.8, 4) is 5.75 Å². The van der Waals surface area contributed by atoms with E-state index < -0.39 is 5.60 Å². The third-order valence-electron chi connectivity index (χ3n) is 6.14. The Labute approximate surface area is 176 Å². The highest BCUT2D eigenvalue weighted by Crippen LogP contribution is 2.29. The van der Waals surface area contributed by atoms with Crippen LogP contribution in [0.25, 0.3) is 10.9 Å². The third kappa shape index (κ3) is 4.13. The molecule has 30 heavy (non-hydrogen) atoms. The van der Waals surface area contributed by atoms with Gasteiger partial charge < -0.3 is 14.4 Å². The summed E-state index contributed by atoms with van der Waals surface area (Å²) in [6.45, 7) is 7.55. The molecule has 0 amide bonds. The number of aromatic nitrogens is 3. The van der Waals surface area contributed by atoms with Gasteiger partial charge in [-0.3, -0.25) is 9.69 Å². The Morgan fingerprint density at radius 3 is 2.67 bits per heavy atom. The van der Waals surface area contributed by atoms with Crippen LogP contribution in [0.15, 0.2) is 41.3 Å². The van der Waals surface area contributed by atoms with E-state index in [-0.39, 0.29) is 12.1 Å². The van der Waals surface area contributed by atoms with E-state index in [1.165, 1.54) is 27.2 Å². The smallest absolute Gasteiger partial charge is 0.266 e. The molecule has 0 radical (unpaired) electrons. The fourth-order valence-corrected chi connectivity index (χ4v) is 4.33. The van der Waals surface area contributed by atoms with Crippen LogP contribution in [0.1, 0.15) is 31.0 Å². The standard InChI is InChI=1S/C23H30N4O3/c1-4-26-15-18(20-13-19(30-3)6-7-21(20)26)14-25-11-9-23(29,10-12-25)16-27-22(28)8-5-17(2)24-27/h5-8,13,15,29H,4,9-12,14,16H2,1-3H3. The Hall–Kier alpha value is -2.64. The lowest BCUT2D eigenvalue weighted by molar-refractivity contribution is -0.0390. The molecule has 1 aromatic carbocycles. The van der Waals surface area contributed by atoms with Gasteiger partial charge in [-0.25, -0.2) is 4.68 Å². The van der Waals surface area contributed by atoms with E-state index in [2.05, 4.69) is 39.8 Å². The van der Waals surface area contributed by atoms with Gasteiger partial charge in [-0.1, -0.05) is 0 Å². The summed E-state index contributed by atoms with van der Waals surface area (Å²) in [5, 5.41) is 16.6. The summed E-state index contributed by atoms with van der Waals surface area (Å²) in [5.74, 6) is 0.863. The number of nitrogens with zero attached hydrogens (tertiary/aromatic N) is 4. The van der Waals surface area contributed by atoms with Gasteiger partial charge in [0.15, 0.2) is 0 Å². The van der Waals surface area contributed by atoms with Gasteiger partial charge in [0.05, 0.1) is 24.9 Å². The van der Waals surface area contributed by atoms with E-state index in [0.717, 1.165) is 37.6 Å². The van der Waals surface area contributed by atoms with Crippen LogP contribution in [0, 0.1) is 6.92 Å². The van der Waals surface area contributed by atoms with Gasteiger partial charge in [-0.05, 0) is 56.5 Å². The maximum Gasteiger partial charge on any atom is 0.266 e. The Balaban J connectivity index is 1.47. The summed E-state index contributed by atoms with van der Waals surface area (Å²) in [4.78, 5) is 14.4. The molecule has 1 aliphatic rings. The van der Waals surface area contributed by atoms with Crippen molar-refractivity contribution in [2.24, 2.45) is 0 Å². The van der Waals surface area contributed by atoms with Crippen molar-refractivity contribution < 1.29 is 9.84 Å². The second kappa shape index (κ2) is 8.24. The maximum absolute atomic E-state index is 12.1. The number of hydrogen-bond acceptors (Lipinski definition) is 5. The van der Waals surface area contributed by atoms with Crippen molar-refractivity contribution in [3.63, 3.8) is 0 Å². The minimum absolute atomic E-state index is 0.169. The molecule has 1 aliphatic heterocycles. The monoisotopic (exact) mass is 410 g/mol. The van der Waals surface area contributed by atoms with Crippen LogP contribution < -0.4 is 10.3 Å². The number of piperidine rings is 1. The molecule has 3 heterocycles. The molecule has 0 unspecified atom stereocenters. The number of rotatable bonds is 6. The molecule has 0 atom stereocenters. The molecule has 0 bridgehead atoms. The van der Waals surface area contributed by atoms with Crippen molar-refractivity contribution in [1.29, 1.82) is 0 Å². The molecule has 7 heteroatoms. The average Bonchev–Trinajstić information content (AvgIpc) is 3.09. The molecule has 0 saturated carbocycles. The predicted molar refractivity (Wildman–Crippen MR) is 117 cm³/mol. The zero-order valence-corrected chi connectivity index (χ0v) is 18.0. The fourth-order valence-electron chi connectivity index (χ4n) is 4.33. The second-order valence-corrected chi connectivity index (χ2v) is 8.29. The zero-order valence-electron chi connectivity index (χ0n) is 18.0. The summed E-state index contributed by atoms with van der Waals surface area (Å²) in [6, 6.07) is 9.43. The first kappa shape index (κ1) is 20.6. The van der Waals surface area contributed by atoms with Gasteiger partial charge >= 0.3 is 0 Å². The first-order valence-electron chi connectivity index (χ1n) is 10.6. The normalized spacial score (nSPS) is 16.8. The number of hydrogen-bond donors (Lipinski definition) is 1. The van der Waals surface area contributed by atoms with Crippen LogP contribution in [0.4, 0.5) is 0 Å². The quantitative estimate of drug-likeness (QED) is 0.676. The van der Waals surface area contributed by atoms with E-state index in [9.17, 15) is 9.90 Å². The van der Waals surface area contributed by atoms with E-state index in [4.69, 9.17) is 4.74 Å². The summed E-state index contributed by atoms with van der Waals surface area (Å²) >= 11 is 0. The van der Waals surface area contributed by atoms with Gasteiger partial charge in [0.2, 0.25) is 0 Å². The molecule has 160 valence electrons. The minimum Gasteiger partial charge on any atom is -0.497 e. The topological polar surface area (TPSA) is 72.5 Å². The SMILES string of the molecule is CCn1cc(CN2CCC(O)(Cn3nc(C)ccc3=O)CC2)c2cc(OC)ccc21. The Bertz CT molecular complexity index is 1090. The van der Waals surface area contributed by atoms with Crippen LogP contribution in [-0.2, 0) is 19.6 Å². The predicted octanol–water partition coefficient (Wildman–Crippen LogP) is 2.56. The molecule has 1 saturated heterocycles. The highest BCUT2D eigenvalue weighted by molar-refractivity contribution is 5.85. The van der Waals surface area contributed by atoms with E-state index in [1.54, 1.807) is 13.2 Å². The lowest BCUT2D eigenvalue weighted by atomic mass is 9.91. The van der Waals surface area contributed by atoms with Gasteiger partial charge in [0.25, 0.3) is 5.56 Å². The van der Waals surface area contributed by atoms with E-state index in [0.29, 0.717) is 12.8 Å². The minimum atomic E-state index is -0.901. The molecule has 4 rings (SSSR count). The number of aliphatic hydroxyl groups is 1. The number of fused-ring (bicyclic) bond motifs is 1. The second-order valence-electron chi connectivity index (χ2n) is 8.29. The van der Waals surface area contributed by atoms with Gasteiger partial charge in [-0.2, -0.15) is 5.10 Å². The van der Waals surface area contributed by atoms with Crippen LogP contribution in [-0.4, -0.2) is 50.2 Å². The van der Waals surface area contributed by atoms with Crippen molar-refractivity contribution in [3.05, 3.63) is 58.1 Å². The Morgan fingerprint density at radius 2 is 1.97 bits per heavy atom. The summed E-state index contributed by atoms with van der Waals surface area (Å²) < 4.78 is 9.08. The van der Waals surface area contributed by atoms with Gasteiger partial charge in [0, 0.05) is 49.3 Å². The molecule has 3 aromatic rings. The summed E-state index contributed by atoms with van der Waals surface area (Å²) in [7, 11) is 1.69. The summed E-state index contributed by atoms with van der Waals surface area (Å²) in [5.41, 5.74) is 2.19. The Kier molecular flexibility index (Phi) is 5.66. The van der Waals surface area contributed by atoms with Crippen LogP contribution >= 0.6 is 0 Å². The first-order chi connectivity index (χ1) is 14.4. The van der Waals surface area contributed by atoms with Gasteiger partial charge in [-0.15, -0.1) is 0 Å². The maximum atomic E-state index is 12.1. The van der Waals surface area contributed by atoms with Crippen molar-refractivity contribution in [2.75, 3.05) is 20.2 Å². The van der Waals surface area contributed by atoms with E-state index in [1.807, 2.05) is 13.0 Å². The van der Waals surface area contributed by atoms with Crippen LogP contribution in [0.2, 0.25) is 0 Å². The number of methoxy groups -OCH3 is 1. The zero-order chi connectivity index (χ0) is 21.3. The molecular formula is C23H30N4O3. The van der Waals surface area contributed by atoms with E-state index >= 15 is 0 Å². The third-order valence-corrected chi connectivity index (χ3v) is 6.14. The molecule has 0 spiro atoms. The molecular weight excluding hydrogens is 380 g/mol. The Morgan fingerprint density at radius 1 is 1.20 bits per heavy atom. The van der Waals surface area contributed by atoms with Crippen molar-refractivity contribution in [1.82, 2.24) is 19.2 Å². The number of ether oxygens (including phenoxy) is 1. The molecule has 0 aliphatic carbocycles. The molecule has 2 aromatic heterocycles. The number of likely N-dealkylation sites (tertiary alicyclic amines) is 1. The molecule has 7 nitrogen and oxygen atoms in total. The highest BCUT2D eigenvalue weighted by atomic mass is 16.5. The molecule has 1 fully saturated rings. The lowest BCUT2D eigenvalue weighted by Gasteiger charge is -2.38. The largest absolute Gasteiger partial charge is 0.497 e. The van der Waals surface area contributed by atoms with Crippen LogP contribution in [0.3, 0.4) is 0 Å². The van der Waals surface area contributed by atoms with Gasteiger partial charge in [0.1, 0.15) is 5.75 Å². The van der Waals surface area contributed by atoms with Crippen molar-refractivity contribution in [2.45, 2.75) is 51.9 Å². The lowest BCUT2D eigenvalue weighted by Crippen LogP contribution is -2.48. The highest BCUT2D eigenvalue weighted by Gasteiger charge is 2.33. The van der Waals surface area contributed by atoms with Crippen molar-refractivity contribution >= 4 is 10.9 Å². The number of benzene rings is 1. The average molecular weight is 411 g/mol. The number of aryl methyl sites for hydroxylation is 2. The van der Waals surface area contributed by atoms with Crippen LogP contribution in [0.5, 0.6) is 5.75 Å². The molecule has 1 N–H and O–H groups in total. The first-order valence-corrected chi connectivity index (χ1v) is 10.6. The fraction of sp³-hybridized carbons (Fsp3) is 0.478. The summed E-state index contributed by atoms with van der Waals surface area (Å²) in [6.07, 6.45) is 3.46.